The third-order valence-electron chi connectivity index (χ3n) is 5.01. The van der Waals surface area contributed by atoms with E-state index in [0.29, 0.717) is 0 Å². The van der Waals surface area contributed by atoms with Crippen molar-refractivity contribution in [2.75, 3.05) is 26.2 Å². The van der Waals surface area contributed by atoms with E-state index in [2.05, 4.69) is 34.3 Å². The Kier molecular flexibility index (Phi) is 5.30. The maximum Gasteiger partial charge on any atom is 0.253 e. The van der Waals surface area contributed by atoms with Crippen LogP contribution in [0.4, 0.5) is 0 Å². The maximum absolute atomic E-state index is 12.8. The Morgan fingerprint density at radius 2 is 1.52 bits per heavy atom. The summed E-state index contributed by atoms with van der Waals surface area (Å²) in [6, 6.07) is 20.3. The number of benzene rings is 2. The lowest BCUT2D eigenvalue weighted by Crippen LogP contribution is -2.48. The topological polar surface area (TPSA) is 41.4 Å². The molecule has 0 N–H and O–H groups in total. The summed E-state index contributed by atoms with van der Waals surface area (Å²) >= 11 is 0. The third-order valence-corrected chi connectivity index (χ3v) is 5.01. The number of nitrogens with zero attached hydrogens (tertiary/aromatic N) is 4. The highest BCUT2D eigenvalue weighted by atomic mass is 16.2. The zero-order valence-corrected chi connectivity index (χ0v) is 15.4. The summed E-state index contributed by atoms with van der Waals surface area (Å²) in [6.45, 7) is 5.06. The van der Waals surface area contributed by atoms with Crippen LogP contribution in [0.1, 0.15) is 21.5 Å². The fourth-order valence-corrected chi connectivity index (χ4v) is 3.47. The first-order chi connectivity index (χ1) is 13.3. The maximum atomic E-state index is 12.8. The number of carbonyl (C=O) groups excluding carboxylic acids is 1. The van der Waals surface area contributed by atoms with Gasteiger partial charge in [0.25, 0.3) is 5.91 Å². The minimum Gasteiger partial charge on any atom is -0.336 e. The van der Waals surface area contributed by atoms with Crippen molar-refractivity contribution in [3.8, 4) is 0 Å². The van der Waals surface area contributed by atoms with Crippen molar-refractivity contribution in [3.63, 3.8) is 0 Å². The normalized spacial score (nSPS) is 15.0. The molecule has 5 nitrogen and oxygen atoms in total. The molecular formula is C22H24N4O. The summed E-state index contributed by atoms with van der Waals surface area (Å²) in [4.78, 5) is 17.2. The van der Waals surface area contributed by atoms with Crippen molar-refractivity contribution in [1.29, 1.82) is 0 Å². The van der Waals surface area contributed by atoms with E-state index < -0.39 is 0 Å². The molecule has 1 saturated heterocycles. The first-order valence-corrected chi connectivity index (χ1v) is 9.40. The average Bonchev–Trinajstić information content (AvgIpc) is 3.22. The molecule has 0 spiro atoms. The highest BCUT2D eigenvalue weighted by molar-refractivity contribution is 5.94. The van der Waals surface area contributed by atoms with Crippen molar-refractivity contribution in [1.82, 2.24) is 19.6 Å². The van der Waals surface area contributed by atoms with Gasteiger partial charge < -0.3 is 4.90 Å². The van der Waals surface area contributed by atoms with Crippen molar-refractivity contribution in [2.24, 2.45) is 0 Å². The van der Waals surface area contributed by atoms with Gasteiger partial charge in [-0.05, 0) is 29.3 Å². The van der Waals surface area contributed by atoms with E-state index in [9.17, 15) is 4.79 Å². The Morgan fingerprint density at radius 3 is 2.19 bits per heavy atom. The minimum atomic E-state index is 0.125. The van der Waals surface area contributed by atoms with Gasteiger partial charge in [-0.15, -0.1) is 0 Å². The van der Waals surface area contributed by atoms with E-state index >= 15 is 0 Å². The molecule has 0 unspecified atom stereocenters. The molecule has 1 aliphatic rings. The summed E-state index contributed by atoms with van der Waals surface area (Å²) in [6.07, 6.45) is 3.71. The molecule has 0 bridgehead atoms. The number of rotatable bonds is 5. The van der Waals surface area contributed by atoms with Crippen LogP contribution < -0.4 is 0 Å². The molecule has 1 amide bonds. The molecule has 0 saturated carbocycles. The average molecular weight is 360 g/mol. The van der Waals surface area contributed by atoms with Crippen LogP contribution >= 0.6 is 0 Å². The third kappa shape index (κ3) is 4.44. The lowest BCUT2D eigenvalue weighted by Gasteiger charge is -2.34. The van der Waals surface area contributed by atoms with Crippen LogP contribution in [-0.4, -0.2) is 51.7 Å². The van der Waals surface area contributed by atoms with Crippen LogP contribution in [0.3, 0.4) is 0 Å². The number of hydrogen-bond donors (Lipinski definition) is 0. The summed E-state index contributed by atoms with van der Waals surface area (Å²) in [5.41, 5.74) is 3.23. The quantitative estimate of drug-likeness (QED) is 0.703. The van der Waals surface area contributed by atoms with Gasteiger partial charge in [0.1, 0.15) is 0 Å². The first kappa shape index (κ1) is 17.5. The molecule has 0 atom stereocenters. The van der Waals surface area contributed by atoms with Crippen molar-refractivity contribution in [2.45, 2.75) is 13.1 Å². The van der Waals surface area contributed by atoms with Crippen LogP contribution in [0.15, 0.2) is 73.1 Å². The van der Waals surface area contributed by atoms with Gasteiger partial charge in [0.2, 0.25) is 0 Å². The zero-order chi connectivity index (χ0) is 18.5. The fraction of sp³-hybridized carbons (Fsp3) is 0.273. The predicted molar refractivity (Wildman–Crippen MR) is 105 cm³/mol. The van der Waals surface area contributed by atoms with E-state index in [0.717, 1.165) is 50.4 Å². The zero-order valence-electron chi connectivity index (χ0n) is 15.4. The molecule has 2 heterocycles. The van der Waals surface area contributed by atoms with Gasteiger partial charge in [-0.25, -0.2) is 0 Å². The second kappa shape index (κ2) is 8.18. The van der Waals surface area contributed by atoms with Crippen molar-refractivity contribution in [3.05, 3.63) is 89.7 Å². The molecule has 3 aromatic rings. The second-order valence-electron chi connectivity index (χ2n) is 6.95. The molecule has 5 heteroatoms. The highest BCUT2D eigenvalue weighted by Crippen LogP contribution is 2.13. The van der Waals surface area contributed by atoms with Crippen molar-refractivity contribution >= 4 is 5.91 Å². The summed E-state index contributed by atoms with van der Waals surface area (Å²) < 4.78 is 1.88. The van der Waals surface area contributed by atoms with Crippen molar-refractivity contribution < 1.29 is 4.79 Å². The van der Waals surface area contributed by atoms with Crippen LogP contribution in [-0.2, 0) is 13.1 Å². The predicted octanol–water partition coefficient (Wildman–Crippen LogP) is 2.89. The molecule has 27 heavy (non-hydrogen) atoms. The van der Waals surface area contributed by atoms with E-state index in [1.54, 1.807) is 6.20 Å². The van der Waals surface area contributed by atoms with Crippen LogP contribution in [0.2, 0.25) is 0 Å². The van der Waals surface area contributed by atoms with Gasteiger partial charge in [0.15, 0.2) is 0 Å². The highest BCUT2D eigenvalue weighted by Gasteiger charge is 2.22. The SMILES string of the molecule is O=C(c1ccc(Cn2cccn2)cc1)N1CCN(Cc2ccccc2)CC1. The van der Waals surface area contributed by atoms with E-state index in [4.69, 9.17) is 0 Å². The van der Waals surface area contributed by atoms with Gasteiger partial charge in [-0.1, -0.05) is 42.5 Å². The van der Waals surface area contributed by atoms with Gasteiger partial charge >= 0.3 is 0 Å². The van der Waals surface area contributed by atoms with Gasteiger partial charge in [-0.3, -0.25) is 14.4 Å². The molecule has 0 aliphatic carbocycles. The molecule has 0 radical (unpaired) electrons. The largest absolute Gasteiger partial charge is 0.336 e. The Morgan fingerprint density at radius 1 is 0.815 bits per heavy atom. The van der Waals surface area contributed by atoms with Crippen LogP contribution in [0, 0.1) is 0 Å². The number of piperazine rings is 1. The molecule has 1 fully saturated rings. The van der Waals surface area contributed by atoms with Crippen LogP contribution in [0.25, 0.3) is 0 Å². The lowest BCUT2D eigenvalue weighted by atomic mass is 10.1. The Labute approximate surface area is 159 Å². The second-order valence-corrected chi connectivity index (χ2v) is 6.95. The van der Waals surface area contributed by atoms with Gasteiger partial charge in [-0.2, -0.15) is 5.10 Å². The molecule has 4 rings (SSSR count). The Bertz CT molecular complexity index is 851. The van der Waals surface area contributed by atoms with Gasteiger partial charge in [0, 0.05) is 50.7 Å². The summed E-state index contributed by atoms with van der Waals surface area (Å²) in [5.74, 6) is 0.125. The molecule has 1 aromatic heterocycles. The smallest absolute Gasteiger partial charge is 0.253 e. The lowest BCUT2D eigenvalue weighted by molar-refractivity contribution is 0.0628. The van der Waals surface area contributed by atoms with E-state index in [1.165, 1.54) is 5.56 Å². The summed E-state index contributed by atoms with van der Waals surface area (Å²) in [7, 11) is 0. The Hall–Kier alpha value is -2.92. The van der Waals surface area contributed by atoms with Gasteiger partial charge in [0.05, 0.1) is 6.54 Å². The minimum absolute atomic E-state index is 0.125. The number of aromatic nitrogens is 2. The fourth-order valence-electron chi connectivity index (χ4n) is 3.47. The number of carbonyl (C=O) groups is 1. The standard InChI is InChI=1S/C22H24N4O/c27-22(21-9-7-20(8-10-21)18-26-12-4-11-23-26)25-15-13-24(14-16-25)17-19-5-2-1-3-6-19/h1-12H,13-18H2. The van der Waals surface area contributed by atoms with E-state index in [-0.39, 0.29) is 5.91 Å². The van der Waals surface area contributed by atoms with E-state index in [1.807, 2.05) is 52.2 Å². The monoisotopic (exact) mass is 360 g/mol. The summed E-state index contributed by atoms with van der Waals surface area (Å²) in [5, 5.41) is 4.22. The molecule has 138 valence electrons. The number of amides is 1. The van der Waals surface area contributed by atoms with Crippen LogP contribution in [0.5, 0.6) is 0 Å². The molecular weight excluding hydrogens is 336 g/mol. The molecule has 2 aromatic carbocycles. The molecule has 1 aliphatic heterocycles. The Balaban J connectivity index is 1.31. The first-order valence-electron chi connectivity index (χ1n) is 9.40. The number of hydrogen-bond acceptors (Lipinski definition) is 3.